The molecule has 0 aromatic heterocycles. The summed E-state index contributed by atoms with van der Waals surface area (Å²) in [7, 11) is 0. The lowest BCUT2D eigenvalue weighted by Crippen LogP contribution is -2.55. The van der Waals surface area contributed by atoms with Gasteiger partial charge in [-0.3, -0.25) is 0 Å². The largest absolute Gasteiger partial charge is 0.393 e. The summed E-state index contributed by atoms with van der Waals surface area (Å²) in [5.41, 5.74) is 1.23. The van der Waals surface area contributed by atoms with E-state index in [1.54, 1.807) is 0 Å². The topological polar surface area (TPSA) is 73.4 Å². The molecule has 0 spiro atoms. The van der Waals surface area contributed by atoms with Crippen molar-refractivity contribution >= 4 is 6.03 Å². The summed E-state index contributed by atoms with van der Waals surface area (Å²) in [5, 5.41) is 19.2. The minimum atomic E-state index is -0.179. The normalized spacial score (nSPS) is 25.5. The van der Waals surface area contributed by atoms with Crippen molar-refractivity contribution in [1.29, 1.82) is 0 Å². The number of aliphatic hydroxyl groups is 1. The molecule has 4 N–H and O–H groups in total. The highest BCUT2D eigenvalue weighted by Gasteiger charge is 2.39. The molecule has 3 rings (SSSR count). The van der Waals surface area contributed by atoms with Gasteiger partial charge in [-0.2, -0.15) is 0 Å². The molecule has 1 aromatic carbocycles. The van der Waals surface area contributed by atoms with E-state index in [9.17, 15) is 9.90 Å². The van der Waals surface area contributed by atoms with Crippen molar-refractivity contribution in [2.24, 2.45) is 11.8 Å². The van der Waals surface area contributed by atoms with Crippen LogP contribution in [0.3, 0.4) is 0 Å². The second-order valence-corrected chi connectivity index (χ2v) is 7.13. The minimum absolute atomic E-state index is 0.0733. The van der Waals surface area contributed by atoms with E-state index in [0.29, 0.717) is 18.4 Å². The summed E-state index contributed by atoms with van der Waals surface area (Å²) in [4.78, 5) is 12.3. The Kier molecular flexibility index (Phi) is 6.10. The number of urea groups is 1. The first kappa shape index (κ1) is 17.2. The number of rotatable bonds is 6. The Bertz CT molecular complexity index is 511. The van der Waals surface area contributed by atoms with E-state index in [1.807, 2.05) is 18.2 Å². The number of carbonyl (C=O) groups excluding carboxylic acids is 1. The van der Waals surface area contributed by atoms with Crippen LogP contribution < -0.4 is 16.0 Å². The van der Waals surface area contributed by atoms with Gasteiger partial charge in [-0.05, 0) is 62.6 Å². The predicted octanol–water partition coefficient (Wildman–Crippen LogP) is 1.67. The third kappa shape index (κ3) is 4.71. The van der Waals surface area contributed by atoms with E-state index in [1.165, 1.54) is 5.56 Å². The molecule has 1 unspecified atom stereocenters. The summed E-state index contributed by atoms with van der Waals surface area (Å²) >= 11 is 0. The van der Waals surface area contributed by atoms with Gasteiger partial charge >= 0.3 is 6.03 Å². The van der Waals surface area contributed by atoms with Gasteiger partial charge in [0.15, 0.2) is 0 Å². The molecule has 2 amide bonds. The molecule has 1 aliphatic heterocycles. The van der Waals surface area contributed by atoms with E-state index >= 15 is 0 Å². The van der Waals surface area contributed by atoms with Crippen LogP contribution in [-0.4, -0.2) is 42.9 Å². The standard InChI is InChI=1S/C19H29N3O2/c23-17-12-16(13-17)18(15-7-9-20-10-8-15)22-19(24)21-11-6-14-4-2-1-3-5-14/h1-5,15-18,20,23H,6-13H2,(H2,21,22,24). The second-order valence-electron chi connectivity index (χ2n) is 7.13. The Morgan fingerprint density at radius 2 is 1.88 bits per heavy atom. The second kappa shape index (κ2) is 8.49. The van der Waals surface area contributed by atoms with Crippen molar-refractivity contribution in [1.82, 2.24) is 16.0 Å². The molecular formula is C19H29N3O2. The van der Waals surface area contributed by atoms with Crippen LogP contribution in [0.1, 0.15) is 31.2 Å². The number of hydrogen-bond donors (Lipinski definition) is 4. The maximum Gasteiger partial charge on any atom is 0.315 e. The van der Waals surface area contributed by atoms with Crippen molar-refractivity contribution in [3.63, 3.8) is 0 Å². The average molecular weight is 331 g/mol. The fourth-order valence-corrected chi connectivity index (χ4v) is 3.91. The van der Waals surface area contributed by atoms with Gasteiger partial charge in [0.05, 0.1) is 6.10 Å². The summed E-state index contributed by atoms with van der Waals surface area (Å²) < 4.78 is 0. The van der Waals surface area contributed by atoms with Crippen LogP contribution in [0.4, 0.5) is 4.79 Å². The SMILES string of the molecule is O=C(NCCc1ccccc1)NC(C1CCNCC1)C1CC(O)C1. The van der Waals surface area contributed by atoms with Crippen molar-refractivity contribution < 1.29 is 9.90 Å². The monoisotopic (exact) mass is 331 g/mol. The highest BCUT2D eigenvalue weighted by atomic mass is 16.3. The summed E-state index contributed by atoms with van der Waals surface area (Å²) in [6.07, 6.45) is 4.50. The Labute approximate surface area is 144 Å². The van der Waals surface area contributed by atoms with Gasteiger partial charge in [0.1, 0.15) is 0 Å². The molecule has 24 heavy (non-hydrogen) atoms. The Morgan fingerprint density at radius 1 is 1.17 bits per heavy atom. The van der Waals surface area contributed by atoms with Gasteiger partial charge in [0.25, 0.3) is 0 Å². The van der Waals surface area contributed by atoms with Crippen molar-refractivity contribution in [2.45, 2.75) is 44.2 Å². The van der Waals surface area contributed by atoms with E-state index in [2.05, 4.69) is 28.1 Å². The molecule has 1 aromatic rings. The molecule has 1 atom stereocenters. The van der Waals surface area contributed by atoms with Crippen LogP contribution in [0.5, 0.6) is 0 Å². The zero-order valence-corrected chi connectivity index (χ0v) is 14.2. The number of carbonyl (C=O) groups is 1. The zero-order valence-electron chi connectivity index (χ0n) is 14.2. The zero-order chi connectivity index (χ0) is 16.8. The van der Waals surface area contributed by atoms with Gasteiger partial charge < -0.3 is 21.1 Å². The fourth-order valence-electron chi connectivity index (χ4n) is 3.91. The first-order chi connectivity index (χ1) is 11.7. The van der Waals surface area contributed by atoms with Crippen molar-refractivity contribution in [3.05, 3.63) is 35.9 Å². The average Bonchev–Trinajstić information content (AvgIpc) is 2.59. The lowest BCUT2D eigenvalue weighted by atomic mass is 9.71. The Hall–Kier alpha value is -1.59. The molecule has 1 heterocycles. The van der Waals surface area contributed by atoms with E-state index < -0.39 is 0 Å². The van der Waals surface area contributed by atoms with Crippen LogP contribution in [0.25, 0.3) is 0 Å². The van der Waals surface area contributed by atoms with Gasteiger partial charge in [0, 0.05) is 12.6 Å². The van der Waals surface area contributed by atoms with Crippen molar-refractivity contribution in [2.75, 3.05) is 19.6 Å². The maximum atomic E-state index is 12.3. The first-order valence-corrected chi connectivity index (χ1v) is 9.19. The summed E-state index contributed by atoms with van der Waals surface area (Å²) in [6.45, 7) is 2.68. The van der Waals surface area contributed by atoms with Gasteiger partial charge in [0.2, 0.25) is 0 Å². The van der Waals surface area contributed by atoms with Gasteiger partial charge in [-0.15, -0.1) is 0 Å². The molecule has 0 bridgehead atoms. The van der Waals surface area contributed by atoms with Crippen LogP contribution in [0.2, 0.25) is 0 Å². The number of nitrogens with one attached hydrogen (secondary N) is 3. The summed E-state index contributed by atoms with van der Waals surface area (Å²) in [6, 6.07) is 10.3. The predicted molar refractivity (Wildman–Crippen MR) is 94.8 cm³/mol. The lowest BCUT2D eigenvalue weighted by Gasteiger charge is -2.43. The summed E-state index contributed by atoms with van der Waals surface area (Å²) in [5.74, 6) is 0.937. The third-order valence-corrected chi connectivity index (χ3v) is 5.39. The molecule has 1 aliphatic carbocycles. The number of piperidine rings is 1. The molecular weight excluding hydrogens is 302 g/mol. The van der Waals surface area contributed by atoms with E-state index in [4.69, 9.17) is 0 Å². The number of benzene rings is 1. The molecule has 2 aliphatic rings. The van der Waals surface area contributed by atoms with E-state index in [0.717, 1.165) is 45.2 Å². The third-order valence-electron chi connectivity index (χ3n) is 5.39. The quantitative estimate of drug-likeness (QED) is 0.641. The highest BCUT2D eigenvalue weighted by Crippen LogP contribution is 2.35. The molecule has 1 saturated heterocycles. The number of amides is 2. The molecule has 5 nitrogen and oxygen atoms in total. The Balaban J connectivity index is 1.47. The molecule has 132 valence electrons. The highest BCUT2D eigenvalue weighted by molar-refractivity contribution is 5.74. The molecule has 0 radical (unpaired) electrons. The minimum Gasteiger partial charge on any atom is -0.393 e. The van der Waals surface area contributed by atoms with Crippen LogP contribution >= 0.6 is 0 Å². The molecule has 1 saturated carbocycles. The van der Waals surface area contributed by atoms with Crippen LogP contribution in [0, 0.1) is 11.8 Å². The fraction of sp³-hybridized carbons (Fsp3) is 0.632. The van der Waals surface area contributed by atoms with Crippen molar-refractivity contribution in [3.8, 4) is 0 Å². The first-order valence-electron chi connectivity index (χ1n) is 9.19. The Morgan fingerprint density at radius 3 is 2.54 bits per heavy atom. The van der Waals surface area contributed by atoms with Gasteiger partial charge in [-0.1, -0.05) is 30.3 Å². The van der Waals surface area contributed by atoms with Crippen LogP contribution in [0.15, 0.2) is 30.3 Å². The molecule has 2 fully saturated rings. The maximum absolute atomic E-state index is 12.3. The van der Waals surface area contributed by atoms with Crippen LogP contribution in [-0.2, 0) is 6.42 Å². The number of aliphatic hydroxyl groups excluding tert-OH is 1. The lowest BCUT2D eigenvalue weighted by molar-refractivity contribution is 0.0116. The molecule has 5 heteroatoms. The van der Waals surface area contributed by atoms with Gasteiger partial charge in [-0.25, -0.2) is 4.79 Å². The number of hydrogen-bond acceptors (Lipinski definition) is 3. The van der Waals surface area contributed by atoms with E-state index in [-0.39, 0.29) is 18.2 Å². The smallest absolute Gasteiger partial charge is 0.315 e.